The minimum absolute atomic E-state index is 0.166. The quantitative estimate of drug-likeness (QED) is 0.465. The lowest BCUT2D eigenvalue weighted by atomic mass is 10.1. The molecule has 1 aromatic rings. The van der Waals surface area contributed by atoms with Gasteiger partial charge in [0.05, 0.1) is 18.4 Å². The van der Waals surface area contributed by atoms with E-state index in [4.69, 9.17) is 14.7 Å². The molecule has 0 radical (unpaired) electrons. The van der Waals surface area contributed by atoms with Gasteiger partial charge < -0.3 is 14.7 Å². The van der Waals surface area contributed by atoms with E-state index in [2.05, 4.69) is 12.1 Å². The third-order valence-corrected chi connectivity index (χ3v) is 2.99. The fraction of sp³-hybridized carbons (Fsp3) is 0.533. The average Bonchev–Trinajstić information content (AvgIpc) is 2.45. The molecule has 4 heteroatoms. The number of hydrogen-bond acceptors (Lipinski definition) is 4. The molecule has 0 saturated heterocycles. The molecule has 4 nitrogen and oxygen atoms in total. The van der Waals surface area contributed by atoms with Crippen LogP contribution in [0.3, 0.4) is 0 Å². The number of hydrogen-bond donors (Lipinski definition) is 1. The van der Waals surface area contributed by atoms with Crippen LogP contribution in [-0.2, 0) is 11.3 Å². The molecule has 1 N–H and O–H groups in total. The molecule has 0 aliphatic rings. The Bertz CT molecular complexity index is 429. The van der Waals surface area contributed by atoms with Gasteiger partial charge in [-0.15, -0.1) is 0 Å². The maximum Gasteiger partial charge on any atom is 0.125 e. The second kappa shape index (κ2) is 7.79. The first-order chi connectivity index (χ1) is 9.12. The summed E-state index contributed by atoms with van der Waals surface area (Å²) in [4.78, 5) is 0. The lowest BCUT2D eigenvalue weighted by Gasteiger charge is -2.17. The summed E-state index contributed by atoms with van der Waals surface area (Å²) >= 11 is 0. The van der Waals surface area contributed by atoms with Gasteiger partial charge in [0.1, 0.15) is 5.75 Å². The van der Waals surface area contributed by atoms with Crippen LogP contribution in [0.1, 0.15) is 45.2 Å². The third-order valence-electron chi connectivity index (χ3n) is 2.99. The molecule has 0 bridgehead atoms. The highest BCUT2D eigenvalue weighted by atomic mass is 16.5. The van der Waals surface area contributed by atoms with Gasteiger partial charge in [-0.2, -0.15) is 0 Å². The number of nitrogens with zero attached hydrogens (tertiary/aromatic N) is 1. The number of rotatable bonds is 7. The SMILES string of the molecule is CCOCc1cc(C(C)=NO)ccc1OC(C)CC. The summed E-state index contributed by atoms with van der Waals surface area (Å²) in [7, 11) is 0. The molecule has 1 atom stereocenters. The summed E-state index contributed by atoms with van der Waals surface area (Å²) in [5, 5.41) is 12.1. The highest BCUT2D eigenvalue weighted by Crippen LogP contribution is 2.23. The Morgan fingerprint density at radius 1 is 1.37 bits per heavy atom. The zero-order chi connectivity index (χ0) is 14.3. The van der Waals surface area contributed by atoms with E-state index in [1.54, 1.807) is 6.92 Å². The van der Waals surface area contributed by atoms with Crippen molar-refractivity contribution in [3.63, 3.8) is 0 Å². The van der Waals surface area contributed by atoms with Gasteiger partial charge in [0.2, 0.25) is 0 Å². The fourth-order valence-corrected chi connectivity index (χ4v) is 1.60. The maximum atomic E-state index is 8.83. The van der Waals surface area contributed by atoms with Gasteiger partial charge in [0.25, 0.3) is 0 Å². The summed E-state index contributed by atoms with van der Waals surface area (Å²) in [6.07, 6.45) is 1.12. The molecule has 0 saturated carbocycles. The van der Waals surface area contributed by atoms with Crippen LogP contribution in [0.15, 0.2) is 23.4 Å². The van der Waals surface area contributed by atoms with E-state index in [-0.39, 0.29) is 6.10 Å². The molecular weight excluding hydrogens is 242 g/mol. The normalized spacial score (nSPS) is 13.4. The summed E-state index contributed by atoms with van der Waals surface area (Å²) < 4.78 is 11.3. The molecule has 0 spiro atoms. The Kier molecular flexibility index (Phi) is 6.36. The first-order valence-electron chi connectivity index (χ1n) is 6.68. The van der Waals surface area contributed by atoms with Crippen molar-refractivity contribution in [1.82, 2.24) is 0 Å². The Labute approximate surface area is 115 Å². The van der Waals surface area contributed by atoms with Crippen molar-refractivity contribution in [2.24, 2.45) is 5.16 Å². The largest absolute Gasteiger partial charge is 0.490 e. The molecule has 0 aliphatic heterocycles. The van der Waals surface area contributed by atoms with Crippen LogP contribution in [0.5, 0.6) is 5.75 Å². The van der Waals surface area contributed by atoms with Crippen LogP contribution in [0.2, 0.25) is 0 Å². The smallest absolute Gasteiger partial charge is 0.125 e. The van der Waals surface area contributed by atoms with Gasteiger partial charge in [-0.1, -0.05) is 12.1 Å². The molecule has 0 heterocycles. The fourth-order valence-electron chi connectivity index (χ4n) is 1.60. The van der Waals surface area contributed by atoms with E-state index in [0.717, 1.165) is 23.3 Å². The van der Waals surface area contributed by atoms with Gasteiger partial charge in [0.15, 0.2) is 0 Å². The van der Waals surface area contributed by atoms with Gasteiger partial charge in [-0.05, 0) is 51.0 Å². The molecule has 0 aromatic heterocycles. The standard InChI is InChI=1S/C15H23NO3/c1-5-11(3)19-15-8-7-13(12(4)16-17)9-14(15)10-18-6-2/h7-9,11,17H,5-6,10H2,1-4H3. The maximum absolute atomic E-state index is 8.83. The predicted octanol–water partition coefficient (Wildman–Crippen LogP) is 3.60. The van der Waals surface area contributed by atoms with E-state index >= 15 is 0 Å². The minimum atomic E-state index is 0.166. The van der Waals surface area contributed by atoms with E-state index in [1.807, 2.05) is 32.0 Å². The third kappa shape index (κ3) is 4.56. The van der Waals surface area contributed by atoms with Crippen molar-refractivity contribution in [2.45, 2.75) is 46.8 Å². The molecule has 0 fully saturated rings. The summed E-state index contributed by atoms with van der Waals surface area (Å²) in [6.45, 7) is 8.99. The lowest BCUT2D eigenvalue weighted by molar-refractivity contribution is 0.128. The molecule has 1 unspecified atom stereocenters. The Morgan fingerprint density at radius 3 is 2.68 bits per heavy atom. The van der Waals surface area contributed by atoms with Crippen molar-refractivity contribution in [3.05, 3.63) is 29.3 Å². The highest BCUT2D eigenvalue weighted by Gasteiger charge is 2.10. The zero-order valence-corrected chi connectivity index (χ0v) is 12.1. The average molecular weight is 265 g/mol. The van der Waals surface area contributed by atoms with E-state index in [0.29, 0.717) is 18.9 Å². The molecule has 19 heavy (non-hydrogen) atoms. The molecule has 1 aromatic carbocycles. The van der Waals surface area contributed by atoms with E-state index in [1.165, 1.54) is 0 Å². The molecule has 0 aliphatic carbocycles. The van der Waals surface area contributed by atoms with Gasteiger partial charge in [-0.3, -0.25) is 0 Å². The second-order valence-corrected chi connectivity index (χ2v) is 4.48. The van der Waals surface area contributed by atoms with Gasteiger partial charge >= 0.3 is 0 Å². The van der Waals surface area contributed by atoms with Crippen molar-refractivity contribution in [1.29, 1.82) is 0 Å². The molecular formula is C15H23NO3. The molecule has 1 rings (SSSR count). The predicted molar refractivity (Wildman–Crippen MR) is 76.2 cm³/mol. The van der Waals surface area contributed by atoms with Crippen LogP contribution in [0.25, 0.3) is 0 Å². The van der Waals surface area contributed by atoms with Crippen LogP contribution in [0, 0.1) is 0 Å². The number of benzene rings is 1. The van der Waals surface area contributed by atoms with Gasteiger partial charge in [-0.25, -0.2) is 0 Å². The van der Waals surface area contributed by atoms with Crippen LogP contribution in [-0.4, -0.2) is 23.6 Å². The van der Waals surface area contributed by atoms with Crippen LogP contribution >= 0.6 is 0 Å². The molecule has 106 valence electrons. The Hall–Kier alpha value is -1.55. The van der Waals surface area contributed by atoms with Crippen molar-refractivity contribution < 1.29 is 14.7 Å². The van der Waals surface area contributed by atoms with E-state index in [9.17, 15) is 0 Å². The molecule has 0 amide bonds. The van der Waals surface area contributed by atoms with Crippen molar-refractivity contribution in [2.75, 3.05) is 6.61 Å². The Morgan fingerprint density at radius 2 is 2.11 bits per heavy atom. The minimum Gasteiger partial charge on any atom is -0.490 e. The van der Waals surface area contributed by atoms with Crippen LogP contribution in [0.4, 0.5) is 0 Å². The van der Waals surface area contributed by atoms with Gasteiger partial charge in [0, 0.05) is 12.2 Å². The first-order valence-corrected chi connectivity index (χ1v) is 6.68. The highest BCUT2D eigenvalue weighted by molar-refractivity contribution is 5.98. The zero-order valence-electron chi connectivity index (χ0n) is 12.1. The Balaban J connectivity index is 3.01. The lowest BCUT2D eigenvalue weighted by Crippen LogP contribution is -2.12. The number of ether oxygens (including phenoxy) is 2. The summed E-state index contributed by atoms with van der Waals surface area (Å²) in [5.41, 5.74) is 2.42. The van der Waals surface area contributed by atoms with Crippen molar-refractivity contribution in [3.8, 4) is 5.75 Å². The van der Waals surface area contributed by atoms with Crippen LogP contribution < -0.4 is 4.74 Å². The van der Waals surface area contributed by atoms with E-state index < -0.39 is 0 Å². The second-order valence-electron chi connectivity index (χ2n) is 4.48. The first kappa shape index (κ1) is 15.5. The summed E-state index contributed by atoms with van der Waals surface area (Å²) in [5.74, 6) is 0.831. The topological polar surface area (TPSA) is 51.0 Å². The monoisotopic (exact) mass is 265 g/mol. The number of oxime groups is 1. The van der Waals surface area contributed by atoms with Crippen molar-refractivity contribution >= 4 is 5.71 Å². The summed E-state index contributed by atoms with van der Waals surface area (Å²) in [6, 6.07) is 5.75.